The molecular weight excluding hydrogens is 349 g/mol. The van der Waals surface area contributed by atoms with Crippen LogP contribution in [0.25, 0.3) is 0 Å². The van der Waals surface area contributed by atoms with Crippen molar-refractivity contribution in [3.8, 4) is 5.75 Å². The molecule has 2 rings (SSSR count). The summed E-state index contributed by atoms with van der Waals surface area (Å²) < 4.78 is 29.8. The third-order valence-corrected chi connectivity index (χ3v) is 4.76. The summed E-state index contributed by atoms with van der Waals surface area (Å²) in [6.45, 7) is 1.30. The molecule has 0 aliphatic carbocycles. The molecule has 0 fully saturated rings. The van der Waals surface area contributed by atoms with Crippen LogP contribution in [0.3, 0.4) is 0 Å². The lowest BCUT2D eigenvalue weighted by atomic mass is 10.3. The summed E-state index contributed by atoms with van der Waals surface area (Å²) in [6, 6.07) is 10.4. The molecule has 0 aromatic heterocycles. The zero-order chi connectivity index (χ0) is 16.3. The summed E-state index contributed by atoms with van der Waals surface area (Å²) in [5, 5.41) is 2.38. The van der Waals surface area contributed by atoms with Gasteiger partial charge in [-0.15, -0.1) is 0 Å². The Hall–Kier alpha value is -1.76. The van der Waals surface area contributed by atoms with Crippen molar-refractivity contribution < 1.29 is 17.4 Å². The first-order valence-electron chi connectivity index (χ1n) is 6.06. The summed E-state index contributed by atoms with van der Waals surface area (Å²) in [7, 11) is -4.25. The SMILES string of the molecule is CC(=O)Nc1ccccc1OS(=O)(=O)c1c(Cl)cccc1Cl. The number of rotatable bonds is 4. The Morgan fingerprint density at radius 1 is 1.05 bits per heavy atom. The molecule has 0 bridgehead atoms. The van der Waals surface area contributed by atoms with E-state index in [0.29, 0.717) is 0 Å². The van der Waals surface area contributed by atoms with Crippen LogP contribution >= 0.6 is 23.2 Å². The van der Waals surface area contributed by atoms with Gasteiger partial charge in [0.15, 0.2) is 5.75 Å². The molecule has 0 radical (unpaired) electrons. The molecule has 5 nitrogen and oxygen atoms in total. The number of nitrogens with one attached hydrogen (secondary N) is 1. The predicted octanol–water partition coefficient (Wildman–Crippen LogP) is 3.72. The number of carbonyl (C=O) groups excluding carboxylic acids is 1. The Morgan fingerprint density at radius 2 is 1.64 bits per heavy atom. The van der Waals surface area contributed by atoms with Gasteiger partial charge in [0.25, 0.3) is 0 Å². The van der Waals surface area contributed by atoms with Crippen LogP contribution in [-0.4, -0.2) is 14.3 Å². The predicted molar refractivity (Wildman–Crippen MR) is 85.0 cm³/mol. The fourth-order valence-electron chi connectivity index (χ4n) is 1.71. The molecule has 2 aromatic carbocycles. The van der Waals surface area contributed by atoms with Gasteiger partial charge in [0.1, 0.15) is 4.90 Å². The van der Waals surface area contributed by atoms with Gasteiger partial charge in [-0.05, 0) is 24.3 Å². The second-order valence-electron chi connectivity index (χ2n) is 4.27. The van der Waals surface area contributed by atoms with E-state index in [2.05, 4.69) is 5.32 Å². The Labute approximate surface area is 137 Å². The zero-order valence-electron chi connectivity index (χ0n) is 11.3. The van der Waals surface area contributed by atoms with Crippen molar-refractivity contribution in [2.75, 3.05) is 5.32 Å². The molecule has 8 heteroatoms. The fourth-order valence-corrected chi connectivity index (χ4v) is 3.76. The van der Waals surface area contributed by atoms with Gasteiger partial charge < -0.3 is 9.50 Å². The van der Waals surface area contributed by atoms with Crippen molar-refractivity contribution in [2.45, 2.75) is 11.8 Å². The molecule has 0 atom stereocenters. The van der Waals surface area contributed by atoms with Crippen LogP contribution < -0.4 is 9.50 Å². The van der Waals surface area contributed by atoms with Crippen molar-refractivity contribution in [2.24, 2.45) is 0 Å². The summed E-state index contributed by atoms with van der Waals surface area (Å²) in [5.41, 5.74) is 0.224. The Kier molecular flexibility index (Phi) is 4.95. The second-order valence-corrected chi connectivity index (χ2v) is 6.56. The molecule has 1 N–H and O–H groups in total. The maximum absolute atomic E-state index is 12.4. The van der Waals surface area contributed by atoms with Crippen molar-refractivity contribution >= 4 is 44.9 Å². The standard InChI is InChI=1S/C14H11Cl2NO4S/c1-9(18)17-12-7-2-3-8-13(12)21-22(19,20)14-10(15)5-4-6-11(14)16/h2-8H,1H3,(H,17,18). The fraction of sp³-hybridized carbons (Fsp3) is 0.0714. The summed E-state index contributed by atoms with van der Waals surface area (Å²) in [5.74, 6) is -0.391. The quantitative estimate of drug-likeness (QED) is 0.844. The molecule has 22 heavy (non-hydrogen) atoms. The number of anilines is 1. The van der Waals surface area contributed by atoms with E-state index < -0.39 is 10.1 Å². The van der Waals surface area contributed by atoms with Crippen LogP contribution in [-0.2, 0) is 14.9 Å². The average Bonchev–Trinajstić information content (AvgIpc) is 2.39. The number of halogens is 2. The van der Waals surface area contributed by atoms with Crippen molar-refractivity contribution in [3.05, 3.63) is 52.5 Å². The molecule has 0 heterocycles. The minimum absolute atomic E-state index is 0.0336. The monoisotopic (exact) mass is 359 g/mol. The zero-order valence-corrected chi connectivity index (χ0v) is 13.7. The molecule has 0 aliphatic heterocycles. The molecule has 2 aromatic rings. The lowest BCUT2D eigenvalue weighted by molar-refractivity contribution is -0.114. The number of hydrogen-bond donors (Lipinski definition) is 1. The van der Waals surface area contributed by atoms with Crippen LogP contribution in [0.1, 0.15) is 6.92 Å². The van der Waals surface area contributed by atoms with Gasteiger partial charge in [-0.3, -0.25) is 4.79 Å². The van der Waals surface area contributed by atoms with E-state index in [4.69, 9.17) is 27.4 Å². The minimum atomic E-state index is -4.25. The van der Waals surface area contributed by atoms with E-state index in [0.717, 1.165) is 0 Å². The van der Waals surface area contributed by atoms with Crippen LogP contribution in [0.4, 0.5) is 5.69 Å². The van der Waals surface area contributed by atoms with E-state index >= 15 is 0 Å². The molecule has 0 saturated heterocycles. The smallest absolute Gasteiger partial charge is 0.342 e. The maximum Gasteiger partial charge on any atom is 0.342 e. The number of para-hydroxylation sites is 2. The number of hydrogen-bond acceptors (Lipinski definition) is 4. The Balaban J connectivity index is 2.44. The maximum atomic E-state index is 12.4. The molecule has 0 aliphatic rings. The van der Waals surface area contributed by atoms with E-state index in [9.17, 15) is 13.2 Å². The van der Waals surface area contributed by atoms with Crippen molar-refractivity contribution in [1.29, 1.82) is 0 Å². The van der Waals surface area contributed by atoms with Crippen LogP contribution in [0, 0.1) is 0 Å². The highest BCUT2D eigenvalue weighted by Gasteiger charge is 2.25. The summed E-state index contributed by atoms with van der Waals surface area (Å²) in [6.07, 6.45) is 0. The topological polar surface area (TPSA) is 72.5 Å². The molecule has 116 valence electrons. The summed E-state index contributed by atoms with van der Waals surface area (Å²) in [4.78, 5) is 10.8. The first-order chi connectivity index (χ1) is 10.3. The van der Waals surface area contributed by atoms with Gasteiger partial charge in [0, 0.05) is 6.92 Å². The van der Waals surface area contributed by atoms with Gasteiger partial charge >= 0.3 is 10.1 Å². The number of carbonyl (C=O) groups is 1. The largest absolute Gasteiger partial charge is 0.377 e. The van der Waals surface area contributed by atoms with Crippen LogP contribution in [0.2, 0.25) is 10.0 Å². The second kappa shape index (κ2) is 6.56. The van der Waals surface area contributed by atoms with E-state index in [-0.39, 0.29) is 32.3 Å². The van der Waals surface area contributed by atoms with Crippen LogP contribution in [0.5, 0.6) is 5.75 Å². The summed E-state index contributed by atoms with van der Waals surface area (Å²) >= 11 is 11.8. The average molecular weight is 360 g/mol. The Bertz CT molecular complexity index is 801. The van der Waals surface area contributed by atoms with Gasteiger partial charge in [-0.2, -0.15) is 8.42 Å². The first kappa shape index (κ1) is 16.6. The Morgan fingerprint density at radius 3 is 2.23 bits per heavy atom. The van der Waals surface area contributed by atoms with Gasteiger partial charge in [-0.1, -0.05) is 41.4 Å². The highest BCUT2D eigenvalue weighted by molar-refractivity contribution is 7.87. The van der Waals surface area contributed by atoms with E-state index in [1.165, 1.54) is 37.3 Å². The molecular formula is C14H11Cl2NO4S. The minimum Gasteiger partial charge on any atom is -0.377 e. The van der Waals surface area contributed by atoms with E-state index in [1.54, 1.807) is 12.1 Å². The van der Waals surface area contributed by atoms with E-state index in [1.807, 2.05) is 0 Å². The van der Waals surface area contributed by atoms with Gasteiger partial charge in [0.05, 0.1) is 15.7 Å². The lowest BCUT2D eigenvalue weighted by Crippen LogP contribution is -2.13. The normalized spacial score (nSPS) is 11.0. The molecule has 0 saturated carbocycles. The third-order valence-electron chi connectivity index (χ3n) is 2.57. The molecule has 0 spiro atoms. The van der Waals surface area contributed by atoms with Gasteiger partial charge in [0.2, 0.25) is 5.91 Å². The molecule has 1 amide bonds. The number of amides is 1. The lowest BCUT2D eigenvalue weighted by Gasteiger charge is -2.13. The highest BCUT2D eigenvalue weighted by atomic mass is 35.5. The van der Waals surface area contributed by atoms with Gasteiger partial charge in [-0.25, -0.2) is 0 Å². The van der Waals surface area contributed by atoms with Crippen LogP contribution in [0.15, 0.2) is 47.4 Å². The molecule has 0 unspecified atom stereocenters. The first-order valence-corrected chi connectivity index (χ1v) is 8.23. The van der Waals surface area contributed by atoms with Crippen molar-refractivity contribution in [1.82, 2.24) is 0 Å². The number of benzene rings is 2. The van der Waals surface area contributed by atoms with Crippen molar-refractivity contribution in [3.63, 3.8) is 0 Å². The highest BCUT2D eigenvalue weighted by Crippen LogP contribution is 2.33. The third kappa shape index (κ3) is 3.71.